The lowest BCUT2D eigenvalue weighted by molar-refractivity contribution is 0.444. The number of imidazole rings is 1. The predicted molar refractivity (Wildman–Crippen MR) is 118 cm³/mol. The van der Waals surface area contributed by atoms with E-state index in [1.165, 1.54) is 48.8 Å². The molecule has 4 nitrogen and oxygen atoms in total. The zero-order valence-electron chi connectivity index (χ0n) is 17.3. The van der Waals surface area contributed by atoms with Gasteiger partial charge >= 0.3 is 0 Å². The second kappa shape index (κ2) is 7.51. The molecule has 2 heterocycles. The van der Waals surface area contributed by atoms with Crippen LogP contribution >= 0.6 is 0 Å². The fourth-order valence-electron chi connectivity index (χ4n) is 4.49. The van der Waals surface area contributed by atoms with E-state index < -0.39 is 0 Å². The van der Waals surface area contributed by atoms with Gasteiger partial charge in [0.1, 0.15) is 5.69 Å². The van der Waals surface area contributed by atoms with Crippen molar-refractivity contribution in [1.82, 2.24) is 19.7 Å². The average molecular weight is 385 g/mol. The maximum atomic E-state index is 4.83. The first-order valence-electron chi connectivity index (χ1n) is 10.8. The molecular formula is C25H28N4. The van der Waals surface area contributed by atoms with Crippen LogP contribution in [0.4, 0.5) is 0 Å². The molecule has 0 amide bonds. The number of aromatic amines is 1. The van der Waals surface area contributed by atoms with E-state index in [2.05, 4.69) is 72.0 Å². The van der Waals surface area contributed by atoms with Crippen molar-refractivity contribution in [2.24, 2.45) is 0 Å². The molecule has 148 valence electrons. The van der Waals surface area contributed by atoms with Gasteiger partial charge in [-0.25, -0.2) is 4.98 Å². The van der Waals surface area contributed by atoms with Gasteiger partial charge in [0.05, 0.1) is 17.6 Å². The van der Waals surface area contributed by atoms with E-state index in [1.54, 1.807) is 0 Å². The summed E-state index contributed by atoms with van der Waals surface area (Å²) < 4.78 is 2.06. The molecule has 0 radical (unpaired) electrons. The Hall–Kier alpha value is -2.88. The maximum absolute atomic E-state index is 4.83. The normalized spacial score (nSPS) is 15.2. The van der Waals surface area contributed by atoms with Crippen molar-refractivity contribution in [3.8, 4) is 11.5 Å². The highest BCUT2D eigenvalue weighted by molar-refractivity contribution is 5.79. The fourth-order valence-corrected chi connectivity index (χ4v) is 4.49. The van der Waals surface area contributed by atoms with Crippen LogP contribution in [0.5, 0.6) is 0 Å². The lowest BCUT2D eigenvalue weighted by Gasteiger charge is -2.21. The van der Waals surface area contributed by atoms with Crippen LogP contribution in [0.2, 0.25) is 0 Å². The van der Waals surface area contributed by atoms with E-state index in [0.29, 0.717) is 5.92 Å². The number of benzene rings is 2. The summed E-state index contributed by atoms with van der Waals surface area (Å²) in [6, 6.07) is 17.5. The van der Waals surface area contributed by atoms with Gasteiger partial charge in [-0.3, -0.25) is 4.68 Å². The highest BCUT2D eigenvalue weighted by Crippen LogP contribution is 2.34. The molecule has 1 aliphatic rings. The number of nitrogens with one attached hydrogen (secondary N) is 1. The predicted octanol–water partition coefficient (Wildman–Crippen LogP) is 6.14. The first kappa shape index (κ1) is 18.2. The standard InChI is InChI=1S/C25H28N4/c1-17-8-10-19(11-9-17)16-29-18(2)14-24(28-29)25-26-22-13-12-21(15-23(22)27-25)20-6-4-3-5-7-20/h8-15,20H,3-7,16H2,1-2H3,(H,26,27). The van der Waals surface area contributed by atoms with Gasteiger partial charge in [-0.1, -0.05) is 55.2 Å². The third-order valence-electron chi connectivity index (χ3n) is 6.26. The monoisotopic (exact) mass is 384 g/mol. The summed E-state index contributed by atoms with van der Waals surface area (Å²) >= 11 is 0. The molecule has 0 unspecified atom stereocenters. The van der Waals surface area contributed by atoms with Crippen LogP contribution in [0.25, 0.3) is 22.6 Å². The molecule has 2 aromatic carbocycles. The first-order valence-corrected chi connectivity index (χ1v) is 10.8. The van der Waals surface area contributed by atoms with Gasteiger partial charge in [0.25, 0.3) is 0 Å². The maximum Gasteiger partial charge on any atom is 0.159 e. The summed E-state index contributed by atoms with van der Waals surface area (Å²) in [5.41, 5.74) is 8.18. The van der Waals surface area contributed by atoms with Crippen molar-refractivity contribution in [2.75, 3.05) is 0 Å². The zero-order valence-corrected chi connectivity index (χ0v) is 17.3. The number of hydrogen-bond donors (Lipinski definition) is 1. The summed E-state index contributed by atoms with van der Waals surface area (Å²) in [6.07, 6.45) is 6.73. The van der Waals surface area contributed by atoms with E-state index >= 15 is 0 Å². The second-order valence-electron chi connectivity index (χ2n) is 8.51. The summed E-state index contributed by atoms with van der Waals surface area (Å²) in [5.74, 6) is 1.56. The Morgan fingerprint density at radius 1 is 0.966 bits per heavy atom. The van der Waals surface area contributed by atoms with Crippen molar-refractivity contribution in [2.45, 2.75) is 58.4 Å². The van der Waals surface area contributed by atoms with Gasteiger partial charge in [-0.15, -0.1) is 0 Å². The minimum absolute atomic E-state index is 0.705. The number of hydrogen-bond acceptors (Lipinski definition) is 2. The molecule has 1 fully saturated rings. The van der Waals surface area contributed by atoms with Gasteiger partial charge < -0.3 is 4.98 Å². The minimum atomic E-state index is 0.705. The van der Waals surface area contributed by atoms with E-state index in [1.807, 2.05) is 0 Å². The SMILES string of the molecule is Cc1ccc(Cn2nc(-c3nc4ccc(C5CCCCC5)cc4[nH]3)cc2C)cc1. The summed E-state index contributed by atoms with van der Waals surface area (Å²) in [7, 11) is 0. The van der Waals surface area contributed by atoms with Gasteiger partial charge in [-0.05, 0) is 61.9 Å². The van der Waals surface area contributed by atoms with Gasteiger partial charge in [-0.2, -0.15) is 5.10 Å². The van der Waals surface area contributed by atoms with Crippen LogP contribution in [0.1, 0.15) is 60.4 Å². The van der Waals surface area contributed by atoms with Crippen LogP contribution in [0, 0.1) is 13.8 Å². The van der Waals surface area contributed by atoms with Crippen LogP contribution in [0.3, 0.4) is 0 Å². The molecule has 5 rings (SSSR count). The molecule has 4 aromatic rings. The largest absolute Gasteiger partial charge is 0.337 e. The molecule has 0 saturated heterocycles. The van der Waals surface area contributed by atoms with E-state index in [-0.39, 0.29) is 0 Å². The molecule has 2 aromatic heterocycles. The molecule has 0 atom stereocenters. The number of aryl methyl sites for hydroxylation is 2. The molecule has 4 heteroatoms. The lowest BCUT2D eigenvalue weighted by Crippen LogP contribution is -2.04. The third-order valence-corrected chi connectivity index (χ3v) is 6.26. The van der Waals surface area contributed by atoms with Crippen molar-refractivity contribution in [3.05, 3.63) is 70.9 Å². The van der Waals surface area contributed by atoms with Crippen molar-refractivity contribution >= 4 is 11.0 Å². The Bertz CT molecular complexity index is 1130. The highest BCUT2D eigenvalue weighted by Gasteiger charge is 2.17. The minimum Gasteiger partial charge on any atom is -0.337 e. The van der Waals surface area contributed by atoms with Gasteiger partial charge in [0.15, 0.2) is 5.82 Å². The summed E-state index contributed by atoms with van der Waals surface area (Å²) in [4.78, 5) is 8.33. The molecule has 29 heavy (non-hydrogen) atoms. The molecule has 1 saturated carbocycles. The number of rotatable bonds is 4. The third kappa shape index (κ3) is 3.71. The Morgan fingerprint density at radius 2 is 1.76 bits per heavy atom. The summed E-state index contributed by atoms with van der Waals surface area (Å²) in [6.45, 7) is 5.00. The molecule has 1 N–H and O–H groups in total. The van der Waals surface area contributed by atoms with Crippen molar-refractivity contribution < 1.29 is 0 Å². The van der Waals surface area contributed by atoms with Crippen LogP contribution in [-0.4, -0.2) is 19.7 Å². The number of nitrogens with zero attached hydrogens (tertiary/aromatic N) is 3. The van der Waals surface area contributed by atoms with Crippen LogP contribution in [0.15, 0.2) is 48.5 Å². The Kier molecular flexibility index (Phi) is 4.70. The lowest BCUT2D eigenvalue weighted by atomic mass is 9.84. The molecule has 1 aliphatic carbocycles. The first-order chi connectivity index (χ1) is 14.2. The number of H-pyrrole nitrogens is 1. The van der Waals surface area contributed by atoms with E-state index in [9.17, 15) is 0 Å². The van der Waals surface area contributed by atoms with E-state index in [4.69, 9.17) is 10.1 Å². The molecule has 0 bridgehead atoms. The van der Waals surface area contributed by atoms with E-state index in [0.717, 1.165) is 34.8 Å². The molecule has 0 aliphatic heterocycles. The average Bonchev–Trinajstić information content (AvgIpc) is 3.33. The Balaban J connectivity index is 1.42. The Labute approximate surface area is 172 Å². The quantitative estimate of drug-likeness (QED) is 0.459. The fraction of sp³-hybridized carbons (Fsp3) is 0.360. The van der Waals surface area contributed by atoms with Gasteiger partial charge in [0.2, 0.25) is 0 Å². The van der Waals surface area contributed by atoms with Crippen LogP contribution in [-0.2, 0) is 6.54 Å². The zero-order chi connectivity index (χ0) is 19.8. The number of fused-ring (bicyclic) bond motifs is 1. The van der Waals surface area contributed by atoms with Crippen molar-refractivity contribution in [3.63, 3.8) is 0 Å². The highest BCUT2D eigenvalue weighted by atomic mass is 15.3. The smallest absolute Gasteiger partial charge is 0.159 e. The molecular weight excluding hydrogens is 356 g/mol. The number of aromatic nitrogens is 4. The van der Waals surface area contributed by atoms with Crippen LogP contribution < -0.4 is 0 Å². The van der Waals surface area contributed by atoms with Gasteiger partial charge in [0, 0.05) is 5.69 Å². The second-order valence-corrected chi connectivity index (χ2v) is 8.51. The Morgan fingerprint density at radius 3 is 2.55 bits per heavy atom. The topological polar surface area (TPSA) is 46.5 Å². The summed E-state index contributed by atoms with van der Waals surface area (Å²) in [5, 5.41) is 4.83. The molecule has 0 spiro atoms. The van der Waals surface area contributed by atoms with Crippen molar-refractivity contribution in [1.29, 1.82) is 0 Å².